The Morgan fingerprint density at radius 2 is 1.90 bits per heavy atom. The highest BCUT2D eigenvalue weighted by molar-refractivity contribution is 7.92. The first-order valence-corrected chi connectivity index (χ1v) is 7.87. The highest BCUT2D eigenvalue weighted by atomic mass is 32.2. The molecule has 2 aromatic rings. The topological polar surface area (TPSA) is 80.3 Å². The summed E-state index contributed by atoms with van der Waals surface area (Å²) in [4.78, 5) is 4.28. The third-order valence-electron chi connectivity index (χ3n) is 2.69. The lowest BCUT2D eigenvalue weighted by atomic mass is 10.4. The molecule has 0 aliphatic heterocycles. The number of nitrogens with zero attached hydrogens (tertiary/aromatic N) is 1. The van der Waals surface area contributed by atoms with Gasteiger partial charge in [0.15, 0.2) is 0 Å². The summed E-state index contributed by atoms with van der Waals surface area (Å²) in [5.74, 6) is 0.274. The summed E-state index contributed by atoms with van der Waals surface area (Å²) in [5.41, 5.74) is 0.801. The summed E-state index contributed by atoms with van der Waals surface area (Å²) in [6, 6.07) is 11.5. The minimum atomic E-state index is -3.60. The van der Waals surface area contributed by atoms with Crippen molar-refractivity contribution in [1.82, 2.24) is 4.98 Å². The van der Waals surface area contributed by atoms with Crippen molar-refractivity contribution in [3.8, 4) is 0 Å². The highest BCUT2D eigenvalue weighted by Gasteiger charge is 2.13. The van der Waals surface area contributed by atoms with E-state index in [-0.39, 0.29) is 10.7 Å². The van der Waals surface area contributed by atoms with Crippen molar-refractivity contribution in [2.45, 2.75) is 4.90 Å². The van der Waals surface area contributed by atoms with Crippen molar-refractivity contribution in [2.75, 3.05) is 30.3 Å². The number of anilines is 2. The van der Waals surface area contributed by atoms with Gasteiger partial charge in [-0.2, -0.15) is 0 Å². The molecule has 0 bridgehead atoms. The van der Waals surface area contributed by atoms with Gasteiger partial charge in [-0.25, -0.2) is 13.4 Å². The summed E-state index contributed by atoms with van der Waals surface area (Å²) in [5, 5.41) is 3.10. The lowest BCUT2D eigenvalue weighted by molar-refractivity contribution is 0.211. The molecule has 0 saturated carbocycles. The van der Waals surface area contributed by atoms with E-state index in [2.05, 4.69) is 15.0 Å². The third kappa shape index (κ3) is 4.44. The van der Waals surface area contributed by atoms with Crippen LogP contribution in [0.15, 0.2) is 53.6 Å². The van der Waals surface area contributed by atoms with Gasteiger partial charge in [0.1, 0.15) is 5.82 Å². The molecule has 0 saturated heterocycles. The van der Waals surface area contributed by atoms with Crippen molar-refractivity contribution in [3.63, 3.8) is 0 Å². The van der Waals surface area contributed by atoms with Crippen molar-refractivity contribution >= 4 is 21.5 Å². The number of hydrogen-bond donors (Lipinski definition) is 2. The monoisotopic (exact) mass is 307 g/mol. The average Bonchev–Trinajstić information content (AvgIpc) is 2.50. The molecule has 21 heavy (non-hydrogen) atoms. The quantitative estimate of drug-likeness (QED) is 0.764. The van der Waals surface area contributed by atoms with Gasteiger partial charge in [-0.1, -0.05) is 18.2 Å². The Hall–Kier alpha value is -2.12. The summed E-state index contributed by atoms with van der Waals surface area (Å²) in [6.45, 7) is 1.25. The lowest BCUT2D eigenvalue weighted by Gasteiger charge is -2.09. The van der Waals surface area contributed by atoms with Gasteiger partial charge in [0.25, 0.3) is 10.0 Å². The van der Waals surface area contributed by atoms with Crippen LogP contribution < -0.4 is 10.0 Å². The molecule has 0 aliphatic rings. The maximum Gasteiger partial charge on any atom is 0.263 e. The predicted octanol–water partition coefficient (Wildman–Crippen LogP) is 1.94. The van der Waals surface area contributed by atoms with E-state index >= 15 is 0 Å². The molecule has 0 aliphatic carbocycles. The van der Waals surface area contributed by atoms with E-state index in [0.717, 1.165) is 5.69 Å². The van der Waals surface area contributed by atoms with Crippen LogP contribution in [0.3, 0.4) is 0 Å². The van der Waals surface area contributed by atoms with E-state index in [1.165, 1.54) is 12.1 Å². The number of benzene rings is 1. The van der Waals surface area contributed by atoms with E-state index in [1.54, 1.807) is 43.6 Å². The zero-order valence-electron chi connectivity index (χ0n) is 11.6. The average molecular weight is 307 g/mol. The van der Waals surface area contributed by atoms with Crippen molar-refractivity contribution < 1.29 is 13.2 Å². The van der Waals surface area contributed by atoms with E-state index in [4.69, 9.17) is 4.74 Å². The van der Waals surface area contributed by atoms with Crippen LogP contribution in [0.4, 0.5) is 11.5 Å². The molecule has 0 radical (unpaired) electrons. The Bertz CT molecular complexity index is 658. The van der Waals surface area contributed by atoms with E-state index in [0.29, 0.717) is 13.2 Å². The second-order valence-electron chi connectivity index (χ2n) is 4.27. The fourth-order valence-electron chi connectivity index (χ4n) is 1.65. The highest BCUT2D eigenvalue weighted by Crippen LogP contribution is 2.15. The van der Waals surface area contributed by atoms with Crippen LogP contribution in [0.25, 0.3) is 0 Å². The minimum Gasteiger partial charge on any atom is -0.383 e. The number of methoxy groups -OCH3 is 1. The lowest BCUT2D eigenvalue weighted by Crippen LogP contribution is -2.14. The summed E-state index contributed by atoms with van der Waals surface area (Å²) in [7, 11) is -1.97. The molecule has 7 heteroatoms. The van der Waals surface area contributed by atoms with Crippen molar-refractivity contribution in [2.24, 2.45) is 0 Å². The fourth-order valence-corrected chi connectivity index (χ4v) is 2.68. The van der Waals surface area contributed by atoms with Crippen LogP contribution in [0.2, 0.25) is 0 Å². The maximum atomic E-state index is 12.1. The molecule has 6 nitrogen and oxygen atoms in total. The summed E-state index contributed by atoms with van der Waals surface area (Å²) >= 11 is 0. The van der Waals surface area contributed by atoms with Crippen LogP contribution in [0.5, 0.6) is 0 Å². The molecule has 0 unspecified atom stereocenters. The zero-order valence-corrected chi connectivity index (χ0v) is 12.4. The molecule has 0 spiro atoms. The van der Waals surface area contributed by atoms with E-state index < -0.39 is 10.0 Å². The van der Waals surface area contributed by atoms with Gasteiger partial charge in [-0.05, 0) is 24.3 Å². The minimum absolute atomic E-state index is 0.203. The van der Waals surface area contributed by atoms with Crippen molar-refractivity contribution in [1.29, 1.82) is 0 Å². The number of rotatable bonds is 7. The maximum absolute atomic E-state index is 12.1. The molecular formula is C14H17N3O3S. The van der Waals surface area contributed by atoms with Crippen molar-refractivity contribution in [3.05, 3.63) is 48.7 Å². The second-order valence-corrected chi connectivity index (χ2v) is 5.95. The van der Waals surface area contributed by atoms with E-state index in [1.807, 2.05) is 0 Å². The number of nitrogens with one attached hydrogen (secondary N) is 2. The van der Waals surface area contributed by atoms with Gasteiger partial charge in [0, 0.05) is 13.7 Å². The predicted molar refractivity (Wildman–Crippen MR) is 81.9 cm³/mol. The Labute approximate surface area is 124 Å². The summed E-state index contributed by atoms with van der Waals surface area (Å²) in [6.07, 6.45) is 1.57. The molecule has 0 atom stereocenters. The van der Waals surface area contributed by atoms with Gasteiger partial charge >= 0.3 is 0 Å². The zero-order chi connectivity index (χ0) is 15.1. The smallest absolute Gasteiger partial charge is 0.263 e. The number of pyridine rings is 1. The third-order valence-corrected chi connectivity index (χ3v) is 4.06. The van der Waals surface area contributed by atoms with Crippen LogP contribution >= 0.6 is 0 Å². The van der Waals surface area contributed by atoms with Crippen LogP contribution in [0.1, 0.15) is 0 Å². The fraction of sp³-hybridized carbons (Fsp3) is 0.214. The number of sulfonamides is 1. The molecule has 2 rings (SSSR count). The Kier molecular flexibility index (Phi) is 5.13. The van der Waals surface area contributed by atoms with E-state index in [9.17, 15) is 8.42 Å². The first kappa shape index (κ1) is 15.3. The molecule has 0 amide bonds. The Morgan fingerprint density at radius 1 is 1.14 bits per heavy atom. The molecule has 0 fully saturated rings. The molecular weight excluding hydrogens is 290 g/mol. The molecule has 2 N–H and O–H groups in total. The number of aromatic nitrogens is 1. The van der Waals surface area contributed by atoms with Gasteiger partial charge in [-0.15, -0.1) is 0 Å². The van der Waals surface area contributed by atoms with Crippen LogP contribution in [0, 0.1) is 0 Å². The van der Waals surface area contributed by atoms with Gasteiger partial charge in [0.2, 0.25) is 0 Å². The van der Waals surface area contributed by atoms with Gasteiger partial charge in [-0.3, -0.25) is 4.72 Å². The number of hydrogen-bond acceptors (Lipinski definition) is 5. The Balaban J connectivity index is 2.03. The molecule has 112 valence electrons. The normalized spacial score (nSPS) is 11.1. The standard InChI is InChI=1S/C14H17N3O3S/c1-20-10-9-15-12-7-8-14(16-11-12)17-21(18,19)13-5-3-2-4-6-13/h2-8,11,15H,9-10H2,1H3,(H,16,17). The largest absolute Gasteiger partial charge is 0.383 e. The van der Waals surface area contributed by atoms with Crippen LogP contribution in [-0.4, -0.2) is 33.7 Å². The second kappa shape index (κ2) is 7.05. The first-order chi connectivity index (χ1) is 10.1. The SMILES string of the molecule is COCCNc1ccc(NS(=O)(=O)c2ccccc2)nc1. The number of ether oxygens (including phenoxy) is 1. The molecule has 1 heterocycles. The Morgan fingerprint density at radius 3 is 2.52 bits per heavy atom. The summed E-state index contributed by atoms with van der Waals surface area (Å²) < 4.78 is 31.6. The first-order valence-electron chi connectivity index (χ1n) is 6.38. The van der Waals surface area contributed by atoms with Gasteiger partial charge < -0.3 is 10.1 Å². The molecule has 1 aromatic carbocycles. The van der Waals surface area contributed by atoms with Gasteiger partial charge in [0.05, 0.1) is 23.4 Å². The van der Waals surface area contributed by atoms with Crippen LogP contribution in [-0.2, 0) is 14.8 Å². The molecule has 1 aromatic heterocycles.